The van der Waals surface area contributed by atoms with Crippen LogP contribution in [0.4, 0.5) is 0 Å². The predicted octanol–water partition coefficient (Wildman–Crippen LogP) is 1.55. The van der Waals surface area contributed by atoms with E-state index in [0.717, 1.165) is 19.4 Å². The van der Waals surface area contributed by atoms with E-state index in [-0.39, 0.29) is 5.41 Å². The first-order valence-electron chi connectivity index (χ1n) is 6.23. The van der Waals surface area contributed by atoms with Gasteiger partial charge >= 0.3 is 5.97 Å². The third-order valence-electron chi connectivity index (χ3n) is 3.57. The second-order valence-electron chi connectivity index (χ2n) is 5.47. The summed E-state index contributed by atoms with van der Waals surface area (Å²) in [6, 6.07) is 1.30. The molecule has 1 aromatic heterocycles. The van der Waals surface area contributed by atoms with Crippen molar-refractivity contribution in [1.82, 2.24) is 14.9 Å². The highest BCUT2D eigenvalue weighted by atomic mass is 16.4. The second kappa shape index (κ2) is 5.02. The Balaban J connectivity index is 2.17. The van der Waals surface area contributed by atoms with E-state index in [9.17, 15) is 9.90 Å². The van der Waals surface area contributed by atoms with Crippen LogP contribution in [0.15, 0.2) is 18.5 Å². The van der Waals surface area contributed by atoms with E-state index in [1.165, 1.54) is 0 Å². The molecule has 1 aromatic rings. The maximum Gasteiger partial charge on any atom is 0.321 e. The van der Waals surface area contributed by atoms with Gasteiger partial charge in [0, 0.05) is 12.4 Å². The molecular weight excluding hydrogens is 230 g/mol. The number of likely N-dealkylation sites (tertiary alicyclic amines) is 1. The van der Waals surface area contributed by atoms with E-state index in [1.807, 2.05) is 18.7 Å². The summed E-state index contributed by atoms with van der Waals surface area (Å²) in [4.78, 5) is 21.8. The van der Waals surface area contributed by atoms with Crippen LogP contribution in [0.3, 0.4) is 0 Å². The molecule has 2 heterocycles. The van der Waals surface area contributed by atoms with E-state index in [2.05, 4.69) is 9.97 Å². The third kappa shape index (κ3) is 2.67. The Morgan fingerprint density at radius 2 is 2.17 bits per heavy atom. The summed E-state index contributed by atoms with van der Waals surface area (Å²) in [5.41, 5.74) is -0.209. The number of piperidine rings is 1. The van der Waals surface area contributed by atoms with Crippen LogP contribution in [-0.4, -0.2) is 38.5 Å². The lowest BCUT2D eigenvalue weighted by Crippen LogP contribution is -2.53. The van der Waals surface area contributed by atoms with Crippen LogP contribution >= 0.6 is 0 Å². The molecule has 18 heavy (non-hydrogen) atoms. The highest BCUT2D eigenvalue weighted by molar-refractivity contribution is 5.74. The number of aliphatic carboxylic acids is 1. The van der Waals surface area contributed by atoms with Gasteiger partial charge in [-0.1, -0.05) is 13.8 Å². The molecule has 1 aliphatic heterocycles. The van der Waals surface area contributed by atoms with Crippen molar-refractivity contribution in [2.24, 2.45) is 5.41 Å². The summed E-state index contributed by atoms with van der Waals surface area (Å²) in [7, 11) is 0. The van der Waals surface area contributed by atoms with Gasteiger partial charge in [0.1, 0.15) is 11.9 Å². The van der Waals surface area contributed by atoms with Crippen molar-refractivity contribution in [1.29, 1.82) is 0 Å². The number of carboxylic acid groups (broad SMARTS) is 1. The average Bonchev–Trinajstić information content (AvgIpc) is 2.28. The molecule has 5 nitrogen and oxygen atoms in total. The molecule has 0 saturated carbocycles. The standard InChI is InChI=1S/C13H19N3O2/c1-13(2)5-3-8-16(11(13)12(17)18)9-10-14-6-4-7-15-10/h4,6-7,11H,3,5,8-9H2,1-2H3,(H,17,18). The summed E-state index contributed by atoms with van der Waals surface area (Å²) >= 11 is 0. The number of rotatable bonds is 3. The van der Waals surface area contributed by atoms with Crippen molar-refractivity contribution >= 4 is 5.97 Å². The molecular formula is C13H19N3O2. The molecule has 1 N–H and O–H groups in total. The summed E-state index contributed by atoms with van der Waals surface area (Å²) < 4.78 is 0. The van der Waals surface area contributed by atoms with Gasteiger partial charge in [-0.15, -0.1) is 0 Å². The first-order valence-corrected chi connectivity index (χ1v) is 6.23. The molecule has 1 atom stereocenters. The molecule has 1 saturated heterocycles. The van der Waals surface area contributed by atoms with Gasteiger partial charge in [-0.05, 0) is 30.9 Å². The molecule has 5 heteroatoms. The van der Waals surface area contributed by atoms with Gasteiger partial charge in [0.15, 0.2) is 0 Å². The normalized spacial score (nSPS) is 23.8. The first-order chi connectivity index (χ1) is 8.50. The summed E-state index contributed by atoms with van der Waals surface area (Å²) in [5, 5.41) is 9.44. The molecule has 0 aromatic carbocycles. The molecule has 0 radical (unpaired) electrons. The molecule has 0 bridgehead atoms. The molecule has 0 spiro atoms. The van der Waals surface area contributed by atoms with Crippen molar-refractivity contribution in [2.45, 2.75) is 39.3 Å². The van der Waals surface area contributed by atoms with E-state index < -0.39 is 12.0 Å². The van der Waals surface area contributed by atoms with Crippen LogP contribution < -0.4 is 0 Å². The summed E-state index contributed by atoms with van der Waals surface area (Å²) in [6.07, 6.45) is 5.33. The number of hydrogen-bond acceptors (Lipinski definition) is 4. The average molecular weight is 249 g/mol. The molecule has 1 unspecified atom stereocenters. The first kappa shape index (κ1) is 13.0. The summed E-state index contributed by atoms with van der Waals surface area (Å²) in [5.74, 6) is -0.0721. The van der Waals surface area contributed by atoms with E-state index in [0.29, 0.717) is 12.4 Å². The van der Waals surface area contributed by atoms with E-state index >= 15 is 0 Å². The van der Waals surface area contributed by atoms with Crippen LogP contribution in [-0.2, 0) is 11.3 Å². The number of carbonyl (C=O) groups is 1. The van der Waals surface area contributed by atoms with Crippen LogP contribution in [0, 0.1) is 5.41 Å². The summed E-state index contributed by atoms with van der Waals surface area (Å²) in [6.45, 7) is 5.33. The Hall–Kier alpha value is -1.49. The third-order valence-corrected chi connectivity index (χ3v) is 3.57. The topological polar surface area (TPSA) is 66.3 Å². The Labute approximate surface area is 107 Å². The van der Waals surface area contributed by atoms with E-state index in [4.69, 9.17) is 0 Å². The van der Waals surface area contributed by atoms with Crippen molar-refractivity contribution in [2.75, 3.05) is 6.54 Å². The quantitative estimate of drug-likeness (QED) is 0.880. The van der Waals surface area contributed by atoms with Gasteiger partial charge in [-0.25, -0.2) is 9.97 Å². The molecule has 0 aliphatic carbocycles. The Kier molecular flexibility index (Phi) is 3.61. The highest BCUT2D eigenvalue weighted by Gasteiger charge is 2.42. The fraction of sp³-hybridized carbons (Fsp3) is 0.615. The van der Waals surface area contributed by atoms with Crippen molar-refractivity contribution < 1.29 is 9.90 Å². The second-order valence-corrected chi connectivity index (χ2v) is 5.47. The molecule has 2 rings (SSSR count). The van der Waals surface area contributed by atoms with Crippen LogP contribution in [0.2, 0.25) is 0 Å². The maximum atomic E-state index is 11.5. The molecule has 1 aliphatic rings. The number of nitrogens with zero attached hydrogens (tertiary/aromatic N) is 3. The van der Waals surface area contributed by atoms with Crippen molar-refractivity contribution in [3.8, 4) is 0 Å². The lowest BCUT2D eigenvalue weighted by atomic mass is 9.76. The van der Waals surface area contributed by atoms with Gasteiger partial charge < -0.3 is 5.11 Å². The monoisotopic (exact) mass is 249 g/mol. The minimum atomic E-state index is -0.754. The maximum absolute atomic E-state index is 11.5. The van der Waals surface area contributed by atoms with Gasteiger partial charge in [0.25, 0.3) is 0 Å². The lowest BCUT2D eigenvalue weighted by molar-refractivity contribution is -0.151. The van der Waals surface area contributed by atoms with Gasteiger partial charge in [0.05, 0.1) is 6.54 Å². The van der Waals surface area contributed by atoms with Gasteiger partial charge in [0.2, 0.25) is 0 Å². The zero-order valence-corrected chi connectivity index (χ0v) is 10.8. The molecule has 1 fully saturated rings. The zero-order valence-electron chi connectivity index (χ0n) is 10.8. The molecule has 0 amide bonds. The highest BCUT2D eigenvalue weighted by Crippen LogP contribution is 2.35. The van der Waals surface area contributed by atoms with Crippen LogP contribution in [0.5, 0.6) is 0 Å². The predicted molar refractivity (Wildman–Crippen MR) is 66.9 cm³/mol. The fourth-order valence-electron chi connectivity index (χ4n) is 2.75. The van der Waals surface area contributed by atoms with Crippen LogP contribution in [0.1, 0.15) is 32.5 Å². The Morgan fingerprint density at radius 1 is 1.50 bits per heavy atom. The van der Waals surface area contributed by atoms with E-state index in [1.54, 1.807) is 18.5 Å². The number of hydrogen-bond donors (Lipinski definition) is 1. The van der Waals surface area contributed by atoms with Crippen molar-refractivity contribution in [3.05, 3.63) is 24.3 Å². The minimum absolute atomic E-state index is 0.209. The Morgan fingerprint density at radius 3 is 2.78 bits per heavy atom. The smallest absolute Gasteiger partial charge is 0.321 e. The molecule has 98 valence electrons. The SMILES string of the molecule is CC1(C)CCCN(Cc2ncccn2)C1C(=O)O. The zero-order chi connectivity index (χ0) is 13.2. The Bertz CT molecular complexity index is 420. The largest absolute Gasteiger partial charge is 0.480 e. The van der Waals surface area contributed by atoms with Crippen LogP contribution in [0.25, 0.3) is 0 Å². The number of aromatic nitrogens is 2. The fourth-order valence-corrected chi connectivity index (χ4v) is 2.75. The van der Waals surface area contributed by atoms with Gasteiger partial charge in [-0.2, -0.15) is 0 Å². The van der Waals surface area contributed by atoms with Crippen molar-refractivity contribution in [3.63, 3.8) is 0 Å². The minimum Gasteiger partial charge on any atom is -0.480 e. The van der Waals surface area contributed by atoms with Gasteiger partial charge in [-0.3, -0.25) is 9.69 Å². The lowest BCUT2D eigenvalue weighted by Gasteiger charge is -2.43. The number of carboxylic acids is 1.